The first kappa shape index (κ1) is 80.1. The molecule has 10 aromatic carbocycles. The van der Waals surface area contributed by atoms with E-state index in [1.165, 1.54) is 140 Å². The molecule has 0 aliphatic heterocycles. The lowest BCUT2D eigenvalue weighted by molar-refractivity contribution is 0.304. The van der Waals surface area contributed by atoms with E-state index in [1.54, 1.807) is 12.1 Å². The zero-order chi connectivity index (χ0) is 74.7. The molecule has 556 valence electrons. The third kappa shape index (κ3) is 28.7. The molecule has 0 aliphatic rings. The first-order valence-electron chi connectivity index (χ1n) is 40.8. The van der Waals surface area contributed by atoms with Crippen LogP contribution in [0.5, 0.6) is 23.0 Å². The molecule has 4 nitrogen and oxygen atoms in total. The van der Waals surface area contributed by atoms with Crippen molar-refractivity contribution in [3.63, 3.8) is 0 Å². The number of rotatable bonds is 46. The Hall–Kier alpha value is -10.4. The van der Waals surface area contributed by atoms with E-state index in [9.17, 15) is 5.11 Å². The van der Waals surface area contributed by atoms with Crippen molar-refractivity contribution in [2.45, 2.75) is 175 Å². The van der Waals surface area contributed by atoms with E-state index < -0.39 is 0 Å². The molecule has 0 saturated carbocycles. The summed E-state index contributed by atoms with van der Waals surface area (Å²) in [4.78, 5) is 0. The maximum Gasteiger partial charge on any atom is 0.119 e. The molecule has 0 aliphatic carbocycles. The van der Waals surface area contributed by atoms with Gasteiger partial charge >= 0.3 is 0 Å². The van der Waals surface area contributed by atoms with Crippen molar-refractivity contribution in [2.75, 3.05) is 19.8 Å². The highest BCUT2D eigenvalue weighted by molar-refractivity contribution is 6.05. The first-order chi connectivity index (χ1) is 53.3. The van der Waals surface area contributed by atoms with Gasteiger partial charge in [0, 0.05) is 0 Å². The van der Waals surface area contributed by atoms with Crippen LogP contribution in [0.3, 0.4) is 0 Å². The number of unbranched alkanes of at least 4 members (excludes halogenated alkanes) is 21. The van der Waals surface area contributed by atoms with Crippen molar-refractivity contribution in [2.24, 2.45) is 0 Å². The summed E-state index contributed by atoms with van der Waals surface area (Å²) in [6.45, 7) is 9.05. The highest BCUT2D eigenvalue weighted by atomic mass is 16.5. The Morgan fingerprint density at radius 3 is 0.741 bits per heavy atom. The van der Waals surface area contributed by atoms with Crippen molar-refractivity contribution in [1.82, 2.24) is 0 Å². The summed E-state index contributed by atoms with van der Waals surface area (Å²) in [6, 6.07) is 85.8. The topological polar surface area (TPSA) is 47.9 Å². The Bertz CT molecular complexity index is 4350. The zero-order valence-electron chi connectivity index (χ0n) is 64.8. The van der Waals surface area contributed by atoms with Gasteiger partial charge in [-0.3, -0.25) is 0 Å². The number of hydrogen-bond acceptors (Lipinski definition) is 4. The van der Waals surface area contributed by atoms with E-state index in [0.717, 1.165) is 151 Å². The highest BCUT2D eigenvalue weighted by Crippen LogP contribution is 2.38. The molecule has 4 heteroatoms. The van der Waals surface area contributed by atoms with Crippen molar-refractivity contribution < 1.29 is 19.3 Å². The van der Waals surface area contributed by atoms with Crippen LogP contribution in [-0.4, -0.2) is 24.9 Å². The lowest BCUT2D eigenvalue weighted by Crippen LogP contribution is -1.97. The number of ether oxygens (including phenoxy) is 3. The summed E-state index contributed by atoms with van der Waals surface area (Å²) in [5.41, 5.74) is 19.8. The molecule has 0 spiro atoms. The Balaban J connectivity index is 0.891. The fourth-order valence-corrected chi connectivity index (χ4v) is 13.8. The van der Waals surface area contributed by atoms with Gasteiger partial charge in [0.2, 0.25) is 0 Å². The zero-order valence-corrected chi connectivity index (χ0v) is 64.8. The molecule has 0 fully saturated rings. The van der Waals surface area contributed by atoms with Gasteiger partial charge in [-0.25, -0.2) is 0 Å². The van der Waals surface area contributed by atoms with Crippen LogP contribution in [0.1, 0.15) is 264 Å². The van der Waals surface area contributed by atoms with Crippen LogP contribution in [0.15, 0.2) is 243 Å². The summed E-state index contributed by atoms with van der Waals surface area (Å²) < 4.78 is 18.8. The summed E-state index contributed by atoms with van der Waals surface area (Å²) in [5, 5.41) is 10.3. The number of phenolic OH excluding ortho intramolecular Hbond substituents is 1. The molecule has 0 amide bonds. The van der Waals surface area contributed by atoms with Crippen molar-refractivity contribution >= 4 is 84.1 Å². The minimum Gasteiger partial charge on any atom is -0.508 e. The van der Waals surface area contributed by atoms with Gasteiger partial charge in [-0.15, -0.1) is 0 Å². The minimum absolute atomic E-state index is 0.245. The lowest BCUT2D eigenvalue weighted by atomic mass is 9.85. The van der Waals surface area contributed by atoms with Crippen LogP contribution < -0.4 is 14.2 Å². The predicted molar refractivity (Wildman–Crippen MR) is 469 cm³/mol. The molecule has 0 bridgehead atoms. The average Bonchev–Trinajstić information content (AvgIpc) is 0.754. The molecular weight excluding hydrogens is 1310 g/mol. The van der Waals surface area contributed by atoms with Crippen LogP contribution in [0.2, 0.25) is 0 Å². The summed E-state index contributed by atoms with van der Waals surface area (Å²) in [5.74, 6) is 2.98. The molecule has 10 rings (SSSR count). The van der Waals surface area contributed by atoms with Gasteiger partial charge in [0.1, 0.15) is 23.0 Å². The molecule has 0 atom stereocenters. The molecule has 10 aromatic rings. The molecule has 0 saturated heterocycles. The third-order valence-electron chi connectivity index (χ3n) is 19.8. The van der Waals surface area contributed by atoms with Crippen LogP contribution in [-0.2, 0) is 0 Å². The Morgan fingerprint density at radius 1 is 0.213 bits per heavy atom. The Morgan fingerprint density at radius 2 is 0.454 bits per heavy atom. The smallest absolute Gasteiger partial charge is 0.119 e. The third-order valence-corrected chi connectivity index (χ3v) is 19.8. The second kappa shape index (κ2) is 46.6. The fourth-order valence-electron chi connectivity index (χ4n) is 13.8. The standard InChI is InChI=1S/C104H116O4/c1-4-7-10-13-16-19-22-31-70-106-100-47-35-39-86(80-100)53-59-92-74-89(73-91(77-92)58-52-85-38-34-46-99(105)79-85)56-50-83-62-66-97(67-63-83)104(103(95-42-27-25-28-43-95)96-44-29-26-30-45-96)98-68-64-84(65-69-98)51-57-90-75-93(60-54-87-40-36-48-101(81-87)107-71-32-23-20-17-14-11-8-5-2)78-94(76-90)61-55-88-41-37-49-102(82-88)108-72-33-24-21-18-15-12-9-6-3/h25-30,34-69,73-82,105H,4-24,31-33,70-72H2,1-3H3/b56-50+,57-51+,58-52+,59-53+,60-54+,61-55+. The Labute approximate surface area is 648 Å². The van der Waals surface area contributed by atoms with Gasteiger partial charge < -0.3 is 19.3 Å². The van der Waals surface area contributed by atoms with Crippen LogP contribution in [0.25, 0.3) is 84.1 Å². The van der Waals surface area contributed by atoms with Crippen molar-refractivity contribution in [3.05, 3.63) is 332 Å². The van der Waals surface area contributed by atoms with Gasteiger partial charge in [0.15, 0.2) is 0 Å². The van der Waals surface area contributed by atoms with E-state index in [1.807, 2.05) is 12.1 Å². The van der Waals surface area contributed by atoms with Gasteiger partial charge in [-0.05, 0) is 204 Å². The summed E-state index contributed by atoms with van der Waals surface area (Å²) >= 11 is 0. The maximum absolute atomic E-state index is 10.3. The second-order valence-corrected chi connectivity index (χ2v) is 28.9. The second-order valence-electron chi connectivity index (χ2n) is 28.9. The predicted octanol–water partition coefficient (Wildman–Crippen LogP) is 30.0. The van der Waals surface area contributed by atoms with Crippen LogP contribution in [0.4, 0.5) is 0 Å². The van der Waals surface area contributed by atoms with E-state index in [-0.39, 0.29) is 5.75 Å². The number of phenols is 1. The largest absolute Gasteiger partial charge is 0.508 e. The van der Waals surface area contributed by atoms with E-state index in [4.69, 9.17) is 14.2 Å². The van der Waals surface area contributed by atoms with Gasteiger partial charge in [-0.1, -0.05) is 386 Å². The van der Waals surface area contributed by atoms with Gasteiger partial charge in [0.25, 0.3) is 0 Å². The van der Waals surface area contributed by atoms with Crippen LogP contribution >= 0.6 is 0 Å². The molecule has 1 N–H and O–H groups in total. The first-order valence-corrected chi connectivity index (χ1v) is 40.8. The molecular formula is C104H116O4. The number of hydrogen-bond donors (Lipinski definition) is 1. The Kier molecular flexibility index (Phi) is 34.6. The molecule has 108 heavy (non-hydrogen) atoms. The van der Waals surface area contributed by atoms with Crippen molar-refractivity contribution in [1.29, 1.82) is 0 Å². The molecule has 0 heterocycles. The minimum atomic E-state index is 0.245. The fraction of sp³-hybridized carbons (Fsp3) is 0.288. The average molecular weight is 1430 g/mol. The quantitative estimate of drug-likeness (QED) is 0.0305. The SMILES string of the molecule is CCCCCCCCCCOc1cccc(/C=C/c2cc(/C=C/c3ccc(C(=C(c4ccccc4)c4ccccc4)c4ccc(/C=C/c5cc(/C=C/c6cccc(OCCCCCCCCCC)c6)cc(/C=C/c6cccc(OCCCCCCCCCC)c6)c5)cc4)cc3)cc(/C=C/c3cccc(O)c3)c2)c1. The molecule has 0 unspecified atom stereocenters. The monoisotopic (exact) mass is 1430 g/mol. The van der Waals surface area contributed by atoms with E-state index in [0.29, 0.717) is 0 Å². The maximum atomic E-state index is 10.3. The molecule has 0 radical (unpaired) electrons. The van der Waals surface area contributed by atoms with Gasteiger partial charge in [0.05, 0.1) is 19.8 Å². The van der Waals surface area contributed by atoms with Crippen molar-refractivity contribution in [3.8, 4) is 23.0 Å². The normalized spacial score (nSPS) is 11.7. The van der Waals surface area contributed by atoms with E-state index in [2.05, 4.69) is 312 Å². The van der Waals surface area contributed by atoms with Crippen LogP contribution in [0, 0.1) is 0 Å². The lowest BCUT2D eigenvalue weighted by Gasteiger charge is -2.18. The summed E-state index contributed by atoms with van der Waals surface area (Å²) in [6.07, 6.45) is 56.9. The molecule has 0 aromatic heterocycles. The van der Waals surface area contributed by atoms with Gasteiger partial charge in [-0.2, -0.15) is 0 Å². The number of aromatic hydroxyl groups is 1. The highest BCUT2D eigenvalue weighted by Gasteiger charge is 2.17. The summed E-state index contributed by atoms with van der Waals surface area (Å²) in [7, 11) is 0. The number of benzene rings is 10. The van der Waals surface area contributed by atoms with E-state index >= 15 is 0 Å².